The molecular formula is C14H20ClF3N2O2S. The van der Waals surface area contributed by atoms with Crippen molar-refractivity contribution >= 4 is 29.7 Å². The zero-order valence-electron chi connectivity index (χ0n) is 12.6. The molecule has 23 heavy (non-hydrogen) atoms. The third-order valence-corrected chi connectivity index (χ3v) is 4.60. The van der Waals surface area contributed by atoms with Gasteiger partial charge in [0.1, 0.15) is 0 Å². The molecule has 2 N–H and O–H groups in total. The van der Waals surface area contributed by atoms with E-state index in [0.717, 1.165) is 35.7 Å². The maximum absolute atomic E-state index is 12.1. The van der Waals surface area contributed by atoms with Gasteiger partial charge < -0.3 is 15.4 Å². The first-order chi connectivity index (χ1) is 10.3. The molecule has 0 aromatic carbocycles. The van der Waals surface area contributed by atoms with E-state index in [0.29, 0.717) is 12.3 Å². The largest absolute Gasteiger partial charge is 0.475 e. The summed E-state index contributed by atoms with van der Waals surface area (Å²) < 4.78 is 41.0. The molecule has 0 aliphatic carbocycles. The average molecular weight is 373 g/mol. The molecule has 1 aliphatic rings. The number of hydrogen-bond acceptors (Lipinski definition) is 4. The molecular weight excluding hydrogens is 353 g/mol. The Labute approximate surface area is 143 Å². The van der Waals surface area contributed by atoms with E-state index in [2.05, 4.69) is 15.4 Å². The van der Waals surface area contributed by atoms with Crippen LogP contribution in [-0.2, 0) is 4.79 Å². The van der Waals surface area contributed by atoms with Crippen LogP contribution in [0.4, 0.5) is 13.2 Å². The molecule has 0 radical (unpaired) electrons. The second-order valence-electron chi connectivity index (χ2n) is 5.41. The third kappa shape index (κ3) is 6.97. The smallest absolute Gasteiger partial charge is 0.422 e. The Morgan fingerprint density at radius 3 is 2.87 bits per heavy atom. The standard InChI is InChI=1S/C14H19F3N2O2S.ClH/c1-9(19-12(20)6-10-4-5-18-7-10)11-2-3-13(22-11)21-8-14(15,16)17;/h2-3,9-10,18H,4-8H2,1H3,(H,19,20);1H/t9-,10-;/m1./s1. The lowest BCUT2D eigenvalue weighted by molar-refractivity contribution is -0.152. The van der Waals surface area contributed by atoms with Crippen LogP contribution in [0, 0.1) is 5.92 Å². The van der Waals surface area contributed by atoms with Crippen molar-refractivity contribution in [3.8, 4) is 5.06 Å². The fraction of sp³-hybridized carbons (Fsp3) is 0.643. The van der Waals surface area contributed by atoms with Gasteiger partial charge in [0.25, 0.3) is 0 Å². The predicted octanol–water partition coefficient (Wildman–Crippen LogP) is 3.29. The molecule has 0 unspecified atom stereocenters. The molecule has 0 saturated carbocycles. The Hall–Kier alpha value is -0.990. The monoisotopic (exact) mass is 372 g/mol. The molecule has 2 rings (SSSR count). The lowest BCUT2D eigenvalue weighted by Crippen LogP contribution is -2.28. The molecule has 132 valence electrons. The number of nitrogens with one attached hydrogen (secondary N) is 2. The summed E-state index contributed by atoms with van der Waals surface area (Å²) in [5.41, 5.74) is 0. The SMILES string of the molecule is C[C@@H](NC(=O)C[C@H]1CCNC1)c1ccc(OCC(F)(F)F)s1.Cl. The molecule has 1 fully saturated rings. The van der Waals surface area contributed by atoms with Gasteiger partial charge in [-0.05, 0) is 44.5 Å². The van der Waals surface area contributed by atoms with Gasteiger partial charge >= 0.3 is 6.18 Å². The Balaban J connectivity index is 0.00000264. The number of alkyl halides is 3. The normalized spacial score (nSPS) is 19.0. The number of amides is 1. The van der Waals surface area contributed by atoms with E-state index in [-0.39, 0.29) is 29.4 Å². The molecule has 1 saturated heterocycles. The Morgan fingerprint density at radius 1 is 1.52 bits per heavy atom. The number of halogens is 4. The number of thiophene rings is 1. The van der Waals surface area contributed by atoms with Crippen LogP contribution < -0.4 is 15.4 Å². The van der Waals surface area contributed by atoms with E-state index >= 15 is 0 Å². The average Bonchev–Trinajstić information content (AvgIpc) is 3.05. The van der Waals surface area contributed by atoms with Crippen molar-refractivity contribution in [2.75, 3.05) is 19.7 Å². The summed E-state index contributed by atoms with van der Waals surface area (Å²) in [5, 5.41) is 6.28. The number of carbonyl (C=O) groups is 1. The summed E-state index contributed by atoms with van der Waals surface area (Å²) in [7, 11) is 0. The predicted molar refractivity (Wildman–Crippen MR) is 85.3 cm³/mol. The van der Waals surface area contributed by atoms with Gasteiger partial charge in [0, 0.05) is 11.3 Å². The molecule has 2 atom stereocenters. The first kappa shape index (κ1) is 20.1. The summed E-state index contributed by atoms with van der Waals surface area (Å²) in [4.78, 5) is 12.7. The topological polar surface area (TPSA) is 50.4 Å². The summed E-state index contributed by atoms with van der Waals surface area (Å²) >= 11 is 1.12. The molecule has 0 spiro atoms. The highest BCUT2D eigenvalue weighted by molar-refractivity contribution is 7.13. The van der Waals surface area contributed by atoms with Crippen molar-refractivity contribution < 1.29 is 22.7 Å². The van der Waals surface area contributed by atoms with Crippen LogP contribution in [0.3, 0.4) is 0 Å². The number of carbonyl (C=O) groups excluding carboxylic acids is 1. The van der Waals surface area contributed by atoms with Gasteiger partial charge in [-0.3, -0.25) is 4.79 Å². The zero-order chi connectivity index (χ0) is 16.2. The highest BCUT2D eigenvalue weighted by Crippen LogP contribution is 2.30. The van der Waals surface area contributed by atoms with Crippen LogP contribution in [0.5, 0.6) is 5.06 Å². The van der Waals surface area contributed by atoms with Crippen molar-refractivity contribution in [2.24, 2.45) is 5.92 Å². The molecule has 1 amide bonds. The minimum absolute atomic E-state index is 0. The lowest BCUT2D eigenvalue weighted by atomic mass is 10.0. The quantitative estimate of drug-likeness (QED) is 0.805. The van der Waals surface area contributed by atoms with Gasteiger partial charge in [0.15, 0.2) is 11.7 Å². The number of ether oxygens (including phenoxy) is 1. The van der Waals surface area contributed by atoms with Crippen molar-refractivity contribution in [1.82, 2.24) is 10.6 Å². The van der Waals surface area contributed by atoms with Crippen LogP contribution in [0.2, 0.25) is 0 Å². The molecule has 2 heterocycles. The zero-order valence-corrected chi connectivity index (χ0v) is 14.2. The van der Waals surface area contributed by atoms with E-state index in [1.807, 2.05) is 6.92 Å². The second kappa shape index (κ2) is 8.75. The van der Waals surface area contributed by atoms with Gasteiger partial charge in [-0.15, -0.1) is 23.7 Å². The van der Waals surface area contributed by atoms with Crippen LogP contribution in [0.1, 0.15) is 30.7 Å². The Bertz CT molecular complexity index is 504. The summed E-state index contributed by atoms with van der Waals surface area (Å²) in [6.45, 7) is 2.31. The lowest BCUT2D eigenvalue weighted by Gasteiger charge is -2.14. The molecule has 4 nitrogen and oxygen atoms in total. The van der Waals surface area contributed by atoms with Crippen molar-refractivity contribution in [3.63, 3.8) is 0 Å². The van der Waals surface area contributed by atoms with Gasteiger partial charge in [-0.2, -0.15) is 13.2 Å². The highest BCUT2D eigenvalue weighted by atomic mass is 35.5. The number of rotatable bonds is 6. The molecule has 0 bridgehead atoms. The Morgan fingerprint density at radius 2 is 2.26 bits per heavy atom. The summed E-state index contributed by atoms with van der Waals surface area (Å²) in [6.07, 6.45) is -2.88. The van der Waals surface area contributed by atoms with E-state index in [4.69, 9.17) is 0 Å². The van der Waals surface area contributed by atoms with Gasteiger partial charge in [0.05, 0.1) is 6.04 Å². The molecule has 9 heteroatoms. The fourth-order valence-electron chi connectivity index (χ4n) is 2.32. The Kier molecular flexibility index (Phi) is 7.63. The molecule has 1 aromatic heterocycles. The maximum atomic E-state index is 12.1. The van der Waals surface area contributed by atoms with Crippen LogP contribution in [-0.4, -0.2) is 31.8 Å². The van der Waals surface area contributed by atoms with Gasteiger partial charge in [-0.25, -0.2) is 0 Å². The third-order valence-electron chi connectivity index (χ3n) is 3.42. The first-order valence-electron chi connectivity index (χ1n) is 7.13. The van der Waals surface area contributed by atoms with Crippen LogP contribution >= 0.6 is 23.7 Å². The maximum Gasteiger partial charge on any atom is 0.422 e. The first-order valence-corrected chi connectivity index (χ1v) is 7.94. The molecule has 1 aliphatic heterocycles. The summed E-state index contributed by atoms with van der Waals surface area (Å²) in [6, 6.07) is 2.93. The fourth-order valence-corrected chi connectivity index (χ4v) is 3.18. The minimum Gasteiger partial charge on any atom is -0.475 e. The van der Waals surface area contributed by atoms with Crippen LogP contribution in [0.25, 0.3) is 0 Å². The highest BCUT2D eigenvalue weighted by Gasteiger charge is 2.28. The van der Waals surface area contributed by atoms with Crippen molar-refractivity contribution in [1.29, 1.82) is 0 Å². The van der Waals surface area contributed by atoms with Gasteiger partial charge in [0.2, 0.25) is 5.91 Å². The number of hydrogen-bond donors (Lipinski definition) is 2. The minimum atomic E-state index is -4.35. The van der Waals surface area contributed by atoms with E-state index in [1.54, 1.807) is 6.07 Å². The van der Waals surface area contributed by atoms with E-state index in [9.17, 15) is 18.0 Å². The summed E-state index contributed by atoms with van der Waals surface area (Å²) in [5.74, 6) is 0.327. The van der Waals surface area contributed by atoms with Gasteiger partial charge in [-0.1, -0.05) is 0 Å². The van der Waals surface area contributed by atoms with E-state index < -0.39 is 12.8 Å². The molecule has 1 aromatic rings. The van der Waals surface area contributed by atoms with Crippen LogP contribution in [0.15, 0.2) is 12.1 Å². The second-order valence-corrected chi connectivity index (χ2v) is 6.49. The van der Waals surface area contributed by atoms with Crippen molar-refractivity contribution in [3.05, 3.63) is 17.0 Å². The van der Waals surface area contributed by atoms with Crippen molar-refractivity contribution in [2.45, 2.75) is 32.0 Å². The van der Waals surface area contributed by atoms with E-state index in [1.165, 1.54) is 6.07 Å².